The number of nitrogens with zero attached hydrogens (tertiary/aromatic N) is 2. The zero-order valence-corrected chi connectivity index (χ0v) is 16.6. The van der Waals surface area contributed by atoms with Crippen LogP contribution in [0.1, 0.15) is 21.8 Å². The van der Waals surface area contributed by atoms with Crippen LogP contribution in [0.15, 0.2) is 54.6 Å². The second-order valence-electron chi connectivity index (χ2n) is 7.50. The minimum atomic E-state index is -0.270. The number of amides is 2. The Bertz CT molecular complexity index is 864. The van der Waals surface area contributed by atoms with Crippen molar-refractivity contribution in [2.75, 3.05) is 46.5 Å². The van der Waals surface area contributed by atoms with Crippen molar-refractivity contribution in [3.8, 4) is 5.75 Å². The van der Waals surface area contributed by atoms with Gasteiger partial charge in [-0.1, -0.05) is 30.3 Å². The lowest BCUT2D eigenvalue weighted by Gasteiger charge is -2.30. The van der Waals surface area contributed by atoms with Gasteiger partial charge in [0.05, 0.1) is 26.2 Å². The molecule has 6 nitrogen and oxygen atoms in total. The molecule has 0 N–H and O–H groups in total. The fourth-order valence-corrected chi connectivity index (χ4v) is 4.21. The fourth-order valence-electron chi connectivity index (χ4n) is 4.21. The number of morpholine rings is 1. The molecular weight excluding hydrogens is 368 g/mol. The largest absolute Gasteiger partial charge is 0.497 e. The Balaban J connectivity index is 1.61. The van der Waals surface area contributed by atoms with Crippen LogP contribution in [0.5, 0.6) is 5.75 Å². The second-order valence-corrected chi connectivity index (χ2v) is 7.50. The molecule has 2 heterocycles. The van der Waals surface area contributed by atoms with Crippen molar-refractivity contribution >= 4 is 11.8 Å². The number of benzene rings is 2. The van der Waals surface area contributed by atoms with E-state index in [2.05, 4.69) is 0 Å². The van der Waals surface area contributed by atoms with E-state index >= 15 is 0 Å². The van der Waals surface area contributed by atoms with E-state index in [1.54, 1.807) is 7.11 Å². The second kappa shape index (κ2) is 8.66. The van der Waals surface area contributed by atoms with Gasteiger partial charge in [-0.2, -0.15) is 0 Å². The van der Waals surface area contributed by atoms with Crippen LogP contribution in [-0.2, 0) is 9.53 Å². The van der Waals surface area contributed by atoms with Crippen LogP contribution in [0.3, 0.4) is 0 Å². The van der Waals surface area contributed by atoms with Gasteiger partial charge in [-0.3, -0.25) is 9.59 Å². The lowest BCUT2D eigenvalue weighted by molar-refractivity contribution is -0.139. The van der Waals surface area contributed by atoms with Crippen LogP contribution < -0.4 is 4.74 Å². The third kappa shape index (κ3) is 4.12. The molecule has 152 valence electrons. The normalized spacial score (nSPS) is 21.8. The summed E-state index contributed by atoms with van der Waals surface area (Å²) in [7, 11) is 1.63. The zero-order valence-electron chi connectivity index (χ0n) is 16.6. The molecule has 0 aliphatic carbocycles. The van der Waals surface area contributed by atoms with Gasteiger partial charge in [0.15, 0.2) is 0 Å². The first-order chi connectivity index (χ1) is 14.2. The highest BCUT2D eigenvalue weighted by atomic mass is 16.5. The first-order valence-electron chi connectivity index (χ1n) is 10.0. The Morgan fingerprint density at radius 3 is 2.45 bits per heavy atom. The fraction of sp³-hybridized carbons (Fsp3) is 0.391. The molecule has 2 aliphatic heterocycles. The highest BCUT2D eigenvalue weighted by Crippen LogP contribution is 2.36. The Labute approximate surface area is 171 Å². The van der Waals surface area contributed by atoms with Crippen LogP contribution in [0.2, 0.25) is 0 Å². The summed E-state index contributed by atoms with van der Waals surface area (Å²) in [5, 5.41) is 0. The molecule has 2 amide bonds. The van der Waals surface area contributed by atoms with Crippen molar-refractivity contribution in [1.29, 1.82) is 0 Å². The van der Waals surface area contributed by atoms with Gasteiger partial charge in [-0.25, -0.2) is 0 Å². The lowest BCUT2D eigenvalue weighted by Crippen LogP contribution is -2.45. The maximum Gasteiger partial charge on any atom is 0.253 e. The third-order valence-corrected chi connectivity index (χ3v) is 5.79. The Morgan fingerprint density at radius 1 is 0.966 bits per heavy atom. The zero-order chi connectivity index (χ0) is 20.2. The maximum absolute atomic E-state index is 13.3. The predicted octanol–water partition coefficient (Wildman–Crippen LogP) is 2.41. The molecule has 0 spiro atoms. The topological polar surface area (TPSA) is 59.1 Å². The van der Waals surface area contributed by atoms with E-state index in [0.29, 0.717) is 45.0 Å². The molecule has 0 aromatic heterocycles. The Morgan fingerprint density at radius 2 is 1.72 bits per heavy atom. The van der Waals surface area contributed by atoms with E-state index in [1.807, 2.05) is 64.4 Å². The van der Waals surface area contributed by atoms with Gasteiger partial charge in [0, 0.05) is 37.7 Å². The number of carbonyl (C=O) groups excluding carboxylic acids is 2. The summed E-state index contributed by atoms with van der Waals surface area (Å²) in [5.41, 5.74) is 1.68. The maximum atomic E-state index is 13.3. The molecule has 6 heteroatoms. The lowest BCUT2D eigenvalue weighted by atomic mass is 9.87. The number of ether oxygens (including phenoxy) is 2. The molecule has 2 saturated heterocycles. The molecule has 0 radical (unpaired) electrons. The molecular formula is C23H26N2O4. The predicted molar refractivity (Wildman–Crippen MR) is 109 cm³/mol. The summed E-state index contributed by atoms with van der Waals surface area (Å²) in [5.74, 6) is 0.495. The van der Waals surface area contributed by atoms with Crippen molar-refractivity contribution in [2.24, 2.45) is 5.92 Å². The summed E-state index contributed by atoms with van der Waals surface area (Å²) in [6.45, 7) is 3.27. The van der Waals surface area contributed by atoms with E-state index in [0.717, 1.165) is 11.3 Å². The smallest absolute Gasteiger partial charge is 0.253 e. The first-order valence-corrected chi connectivity index (χ1v) is 10.0. The van der Waals surface area contributed by atoms with Gasteiger partial charge in [-0.15, -0.1) is 0 Å². The van der Waals surface area contributed by atoms with Crippen LogP contribution in [0.25, 0.3) is 0 Å². The highest BCUT2D eigenvalue weighted by Gasteiger charge is 2.42. The van der Waals surface area contributed by atoms with E-state index < -0.39 is 0 Å². The molecule has 2 aromatic rings. The standard InChI is InChI=1S/C23H26N2O4/c1-28-19-9-5-8-18(14-19)20-15-25(22(26)17-6-3-2-4-7-17)16-21(20)23(27)24-10-12-29-13-11-24/h2-9,14,20-21H,10-13,15-16H2,1H3/t20-,21-/m1/s1. The summed E-state index contributed by atoms with van der Waals surface area (Å²) >= 11 is 0. The summed E-state index contributed by atoms with van der Waals surface area (Å²) in [6.07, 6.45) is 0. The van der Waals surface area contributed by atoms with Crippen molar-refractivity contribution in [3.05, 3.63) is 65.7 Å². The minimum absolute atomic E-state index is 0.0317. The number of rotatable bonds is 4. The summed E-state index contributed by atoms with van der Waals surface area (Å²) in [6, 6.07) is 17.1. The number of carbonyl (C=O) groups is 2. The third-order valence-electron chi connectivity index (χ3n) is 5.79. The van der Waals surface area contributed by atoms with E-state index in [-0.39, 0.29) is 23.7 Å². The molecule has 0 unspecified atom stereocenters. The first kappa shape index (κ1) is 19.5. The number of hydrogen-bond acceptors (Lipinski definition) is 4. The Kier molecular flexibility index (Phi) is 5.81. The molecule has 0 saturated carbocycles. The van der Waals surface area contributed by atoms with Crippen LogP contribution in [-0.4, -0.2) is 68.1 Å². The van der Waals surface area contributed by atoms with Gasteiger partial charge in [0.25, 0.3) is 5.91 Å². The Hall–Kier alpha value is -2.86. The van der Waals surface area contributed by atoms with Crippen LogP contribution in [0.4, 0.5) is 0 Å². The number of likely N-dealkylation sites (tertiary alicyclic amines) is 1. The van der Waals surface area contributed by atoms with Gasteiger partial charge >= 0.3 is 0 Å². The van der Waals surface area contributed by atoms with Gasteiger partial charge in [0.1, 0.15) is 5.75 Å². The molecule has 2 aliphatic rings. The summed E-state index contributed by atoms with van der Waals surface area (Å²) in [4.78, 5) is 30.1. The van der Waals surface area contributed by atoms with Crippen molar-refractivity contribution < 1.29 is 19.1 Å². The van der Waals surface area contributed by atoms with Crippen molar-refractivity contribution in [3.63, 3.8) is 0 Å². The average Bonchev–Trinajstić information content (AvgIpc) is 3.25. The van der Waals surface area contributed by atoms with E-state index in [4.69, 9.17) is 9.47 Å². The SMILES string of the molecule is COc1cccc([C@H]2CN(C(=O)c3ccccc3)C[C@H]2C(=O)N2CCOCC2)c1. The summed E-state index contributed by atoms with van der Waals surface area (Å²) < 4.78 is 10.8. The van der Waals surface area contributed by atoms with Crippen LogP contribution in [0, 0.1) is 5.92 Å². The van der Waals surface area contributed by atoms with E-state index in [9.17, 15) is 9.59 Å². The number of methoxy groups -OCH3 is 1. The van der Waals surface area contributed by atoms with Gasteiger partial charge in [0.2, 0.25) is 5.91 Å². The van der Waals surface area contributed by atoms with Crippen molar-refractivity contribution in [1.82, 2.24) is 9.80 Å². The van der Waals surface area contributed by atoms with Gasteiger partial charge in [-0.05, 0) is 29.8 Å². The molecule has 29 heavy (non-hydrogen) atoms. The van der Waals surface area contributed by atoms with Gasteiger partial charge < -0.3 is 19.3 Å². The number of hydrogen-bond donors (Lipinski definition) is 0. The van der Waals surface area contributed by atoms with Crippen molar-refractivity contribution in [2.45, 2.75) is 5.92 Å². The molecule has 2 fully saturated rings. The average molecular weight is 394 g/mol. The quantitative estimate of drug-likeness (QED) is 0.799. The highest BCUT2D eigenvalue weighted by molar-refractivity contribution is 5.95. The van der Waals surface area contributed by atoms with Crippen LogP contribution >= 0.6 is 0 Å². The molecule has 0 bridgehead atoms. The minimum Gasteiger partial charge on any atom is -0.497 e. The molecule has 2 aromatic carbocycles. The monoisotopic (exact) mass is 394 g/mol. The van der Waals surface area contributed by atoms with E-state index in [1.165, 1.54) is 0 Å². The molecule has 4 rings (SSSR count). The molecule has 2 atom stereocenters.